The number of hydrogen-bond donors (Lipinski definition) is 1. The molecule has 0 atom stereocenters. The van der Waals surface area contributed by atoms with E-state index in [1.807, 2.05) is 0 Å². The molecule has 104 valence electrons. The van der Waals surface area contributed by atoms with Crippen LogP contribution in [-0.2, 0) is 0 Å². The first kappa shape index (κ1) is 14.1. The minimum atomic E-state index is -0.242. The Hall–Kier alpha value is -2.34. The average molecular weight is 290 g/mol. The molecule has 1 amide bonds. The zero-order valence-electron chi connectivity index (χ0n) is 11.0. The highest BCUT2D eigenvalue weighted by Crippen LogP contribution is 2.28. The molecule has 0 saturated carbocycles. The number of ether oxygens (including phenoxy) is 2. The number of hydrogen-bond acceptors (Lipinski definition) is 5. The minimum Gasteiger partial charge on any atom is -0.493 e. The van der Waals surface area contributed by atoms with E-state index in [4.69, 9.17) is 9.47 Å². The van der Waals surface area contributed by atoms with E-state index < -0.39 is 0 Å². The molecule has 2 aromatic rings. The van der Waals surface area contributed by atoms with E-state index in [0.717, 1.165) is 0 Å². The zero-order valence-corrected chi connectivity index (χ0v) is 11.8. The lowest BCUT2D eigenvalue weighted by Crippen LogP contribution is -2.12. The van der Waals surface area contributed by atoms with Crippen molar-refractivity contribution in [3.63, 3.8) is 0 Å². The Balaban J connectivity index is 2.15. The second-order valence-corrected chi connectivity index (χ2v) is 4.65. The third-order valence-corrected chi connectivity index (χ3v) is 3.12. The van der Waals surface area contributed by atoms with E-state index in [9.17, 15) is 4.79 Å². The van der Waals surface area contributed by atoms with E-state index in [2.05, 4.69) is 16.9 Å². The predicted octanol–water partition coefficient (Wildman–Crippen LogP) is 2.97. The smallest absolute Gasteiger partial charge is 0.257 e. The molecule has 1 N–H and O–H groups in total. The summed E-state index contributed by atoms with van der Waals surface area (Å²) in [5.41, 5.74) is 0.475. The molecule has 0 aliphatic rings. The summed E-state index contributed by atoms with van der Waals surface area (Å²) in [4.78, 5) is 16.1. The molecule has 0 spiro atoms. The van der Waals surface area contributed by atoms with Crippen LogP contribution in [0.3, 0.4) is 0 Å². The van der Waals surface area contributed by atoms with Crippen LogP contribution >= 0.6 is 11.3 Å². The Morgan fingerprint density at radius 1 is 1.50 bits per heavy atom. The van der Waals surface area contributed by atoms with Crippen molar-refractivity contribution >= 4 is 22.4 Å². The molecule has 1 aromatic heterocycles. The Bertz CT molecular complexity index is 596. The van der Waals surface area contributed by atoms with Crippen LogP contribution in [0, 0.1) is 0 Å². The van der Waals surface area contributed by atoms with Crippen molar-refractivity contribution in [2.45, 2.75) is 0 Å². The topological polar surface area (TPSA) is 60.5 Å². The number of amides is 1. The summed E-state index contributed by atoms with van der Waals surface area (Å²) in [6.45, 7) is 3.96. The van der Waals surface area contributed by atoms with Crippen molar-refractivity contribution in [1.29, 1.82) is 0 Å². The molecule has 0 fully saturated rings. The van der Waals surface area contributed by atoms with Gasteiger partial charge in [0.05, 0.1) is 7.11 Å². The van der Waals surface area contributed by atoms with E-state index in [1.54, 1.807) is 35.9 Å². The number of nitrogens with zero attached hydrogens (tertiary/aromatic N) is 1. The molecule has 0 unspecified atom stereocenters. The summed E-state index contributed by atoms with van der Waals surface area (Å²) in [5, 5.41) is 5.06. The lowest BCUT2D eigenvalue weighted by Gasteiger charge is -2.10. The number of anilines is 1. The van der Waals surface area contributed by atoms with Gasteiger partial charge in [0, 0.05) is 17.1 Å². The van der Waals surface area contributed by atoms with Crippen molar-refractivity contribution in [3.8, 4) is 11.5 Å². The summed E-state index contributed by atoms with van der Waals surface area (Å²) in [7, 11) is 1.53. The summed E-state index contributed by atoms with van der Waals surface area (Å²) in [6.07, 6.45) is 3.27. The van der Waals surface area contributed by atoms with Gasteiger partial charge in [0.15, 0.2) is 16.6 Å². The molecule has 0 radical (unpaired) electrons. The molecule has 0 aliphatic carbocycles. The van der Waals surface area contributed by atoms with E-state index in [0.29, 0.717) is 28.8 Å². The SMILES string of the molecule is C=CCOc1ccc(C(=O)Nc2nccs2)cc1OC. The van der Waals surface area contributed by atoms with Crippen LogP contribution < -0.4 is 14.8 Å². The van der Waals surface area contributed by atoms with Crippen molar-refractivity contribution in [2.24, 2.45) is 0 Å². The maximum absolute atomic E-state index is 12.0. The average Bonchev–Trinajstić information content (AvgIpc) is 2.97. The number of rotatable bonds is 6. The highest BCUT2D eigenvalue weighted by Gasteiger charge is 2.12. The van der Waals surface area contributed by atoms with Gasteiger partial charge in [0.25, 0.3) is 5.91 Å². The van der Waals surface area contributed by atoms with Gasteiger partial charge in [-0.15, -0.1) is 11.3 Å². The fourth-order valence-electron chi connectivity index (χ4n) is 1.53. The number of aromatic nitrogens is 1. The summed E-state index contributed by atoms with van der Waals surface area (Å²) >= 11 is 1.36. The van der Waals surface area contributed by atoms with Crippen molar-refractivity contribution in [3.05, 3.63) is 48.0 Å². The first-order valence-electron chi connectivity index (χ1n) is 5.87. The van der Waals surface area contributed by atoms with E-state index in [-0.39, 0.29) is 5.91 Å². The van der Waals surface area contributed by atoms with Crippen LogP contribution in [0.15, 0.2) is 42.4 Å². The van der Waals surface area contributed by atoms with Gasteiger partial charge in [-0.05, 0) is 18.2 Å². The molecule has 0 aliphatic heterocycles. The molecular formula is C14H14N2O3S. The fourth-order valence-corrected chi connectivity index (χ4v) is 2.06. The van der Waals surface area contributed by atoms with Gasteiger partial charge in [-0.25, -0.2) is 4.98 Å². The van der Waals surface area contributed by atoms with Crippen LogP contribution in [0.5, 0.6) is 11.5 Å². The van der Waals surface area contributed by atoms with Gasteiger partial charge in [0.2, 0.25) is 0 Å². The number of nitrogens with one attached hydrogen (secondary N) is 1. The summed E-state index contributed by atoms with van der Waals surface area (Å²) < 4.78 is 10.6. The van der Waals surface area contributed by atoms with Gasteiger partial charge < -0.3 is 9.47 Å². The number of methoxy groups -OCH3 is 1. The van der Waals surface area contributed by atoms with E-state index in [1.165, 1.54) is 18.4 Å². The van der Waals surface area contributed by atoms with Gasteiger partial charge in [-0.3, -0.25) is 10.1 Å². The summed E-state index contributed by atoms with van der Waals surface area (Å²) in [5.74, 6) is 0.824. The first-order valence-corrected chi connectivity index (χ1v) is 6.75. The van der Waals surface area contributed by atoms with Crippen LogP contribution in [0.25, 0.3) is 0 Å². The molecule has 5 nitrogen and oxygen atoms in total. The third kappa shape index (κ3) is 3.36. The Morgan fingerprint density at radius 3 is 3.00 bits per heavy atom. The van der Waals surface area contributed by atoms with Crippen molar-refractivity contribution in [1.82, 2.24) is 4.98 Å². The van der Waals surface area contributed by atoms with E-state index >= 15 is 0 Å². The highest BCUT2D eigenvalue weighted by atomic mass is 32.1. The predicted molar refractivity (Wildman–Crippen MR) is 78.8 cm³/mol. The van der Waals surface area contributed by atoms with Gasteiger partial charge in [-0.1, -0.05) is 12.7 Å². The first-order chi connectivity index (χ1) is 9.74. The molecular weight excluding hydrogens is 276 g/mol. The van der Waals surface area contributed by atoms with Crippen molar-refractivity contribution < 1.29 is 14.3 Å². The Morgan fingerprint density at radius 2 is 2.35 bits per heavy atom. The normalized spacial score (nSPS) is 9.85. The molecule has 1 aromatic carbocycles. The maximum Gasteiger partial charge on any atom is 0.257 e. The Kier molecular flexibility index (Phi) is 4.73. The number of benzene rings is 1. The monoisotopic (exact) mass is 290 g/mol. The lowest BCUT2D eigenvalue weighted by atomic mass is 10.2. The van der Waals surface area contributed by atoms with Gasteiger partial charge >= 0.3 is 0 Å². The van der Waals surface area contributed by atoms with Crippen LogP contribution in [-0.4, -0.2) is 24.6 Å². The standard InChI is InChI=1S/C14H14N2O3S/c1-3-7-19-11-5-4-10(9-12(11)18-2)13(17)16-14-15-6-8-20-14/h3-6,8-9H,1,7H2,2H3,(H,15,16,17). The molecule has 1 heterocycles. The molecule has 20 heavy (non-hydrogen) atoms. The number of carbonyl (C=O) groups excluding carboxylic acids is 1. The largest absolute Gasteiger partial charge is 0.493 e. The van der Waals surface area contributed by atoms with Crippen LogP contribution in [0.4, 0.5) is 5.13 Å². The number of carbonyl (C=O) groups is 1. The second kappa shape index (κ2) is 6.72. The van der Waals surface area contributed by atoms with Crippen LogP contribution in [0.1, 0.15) is 10.4 Å². The molecule has 6 heteroatoms. The number of thiazole rings is 1. The quantitative estimate of drug-likeness (QED) is 0.831. The van der Waals surface area contributed by atoms with Crippen molar-refractivity contribution in [2.75, 3.05) is 19.0 Å². The Labute approximate surface area is 120 Å². The second-order valence-electron chi connectivity index (χ2n) is 3.76. The lowest BCUT2D eigenvalue weighted by molar-refractivity contribution is 0.102. The maximum atomic E-state index is 12.0. The highest BCUT2D eigenvalue weighted by molar-refractivity contribution is 7.13. The molecule has 0 saturated heterocycles. The zero-order chi connectivity index (χ0) is 14.4. The minimum absolute atomic E-state index is 0.242. The summed E-state index contributed by atoms with van der Waals surface area (Å²) in [6, 6.07) is 4.99. The van der Waals surface area contributed by atoms with Gasteiger partial charge in [-0.2, -0.15) is 0 Å². The molecule has 0 bridgehead atoms. The fraction of sp³-hybridized carbons (Fsp3) is 0.143. The third-order valence-electron chi connectivity index (χ3n) is 2.44. The van der Waals surface area contributed by atoms with Crippen LogP contribution in [0.2, 0.25) is 0 Å². The van der Waals surface area contributed by atoms with Gasteiger partial charge in [0.1, 0.15) is 6.61 Å². The molecule has 2 rings (SSSR count).